The third-order valence-electron chi connectivity index (χ3n) is 3.24. The Morgan fingerprint density at radius 1 is 1.22 bits per heavy atom. The molecule has 1 unspecified atom stereocenters. The molecule has 0 spiro atoms. The second-order valence-corrected chi connectivity index (χ2v) is 4.99. The summed E-state index contributed by atoms with van der Waals surface area (Å²) in [6.07, 6.45) is -0.499. The van der Waals surface area contributed by atoms with Gasteiger partial charge in [0, 0.05) is 6.07 Å². The van der Waals surface area contributed by atoms with Crippen molar-refractivity contribution in [2.45, 2.75) is 6.10 Å². The van der Waals surface area contributed by atoms with E-state index >= 15 is 0 Å². The van der Waals surface area contributed by atoms with Crippen LogP contribution in [0.3, 0.4) is 0 Å². The highest BCUT2D eigenvalue weighted by atomic mass is 16.6. The van der Waals surface area contributed by atoms with Crippen LogP contribution in [0, 0.1) is 0 Å². The zero-order valence-electron chi connectivity index (χ0n) is 12.2. The average molecular weight is 316 g/mol. The summed E-state index contributed by atoms with van der Waals surface area (Å²) in [6.45, 7) is 0.114. The number of ether oxygens (including phenoxy) is 3. The van der Waals surface area contributed by atoms with Gasteiger partial charge in [0.1, 0.15) is 18.1 Å². The Hall–Kier alpha value is -2.93. The van der Waals surface area contributed by atoms with Gasteiger partial charge in [-0.25, -0.2) is 9.86 Å². The van der Waals surface area contributed by atoms with Gasteiger partial charge in [0.15, 0.2) is 17.6 Å². The van der Waals surface area contributed by atoms with Crippen LogP contribution in [-0.4, -0.2) is 35.6 Å². The normalized spacial score (nSPS) is 15.8. The van der Waals surface area contributed by atoms with Crippen molar-refractivity contribution < 1.29 is 24.2 Å². The van der Waals surface area contributed by atoms with E-state index in [0.29, 0.717) is 22.3 Å². The van der Waals surface area contributed by atoms with Crippen molar-refractivity contribution in [2.24, 2.45) is 5.73 Å². The van der Waals surface area contributed by atoms with E-state index in [1.54, 1.807) is 18.2 Å². The Morgan fingerprint density at radius 3 is 2.74 bits per heavy atom. The van der Waals surface area contributed by atoms with Gasteiger partial charge in [0.2, 0.25) is 0 Å². The first-order valence-electron chi connectivity index (χ1n) is 7.04. The van der Waals surface area contributed by atoms with Crippen LogP contribution in [0.1, 0.15) is 0 Å². The topological polar surface area (TPSA) is 94.3 Å². The van der Waals surface area contributed by atoms with Crippen molar-refractivity contribution in [1.82, 2.24) is 5.06 Å². The van der Waals surface area contributed by atoms with Crippen molar-refractivity contribution in [3.8, 4) is 23.0 Å². The molecule has 2 aromatic carbocycles. The van der Waals surface area contributed by atoms with Gasteiger partial charge in [-0.05, 0) is 24.3 Å². The molecule has 0 aliphatic carbocycles. The first-order valence-corrected chi connectivity index (χ1v) is 7.04. The molecule has 23 heavy (non-hydrogen) atoms. The molecule has 1 heterocycles. The first kappa shape index (κ1) is 15.0. The van der Waals surface area contributed by atoms with E-state index in [4.69, 9.17) is 19.9 Å². The van der Waals surface area contributed by atoms with E-state index in [-0.39, 0.29) is 13.2 Å². The third kappa shape index (κ3) is 3.64. The van der Waals surface area contributed by atoms with E-state index in [1.807, 2.05) is 30.3 Å². The average Bonchev–Trinajstić information content (AvgIpc) is 2.56. The van der Waals surface area contributed by atoms with Gasteiger partial charge in [0.25, 0.3) is 0 Å². The summed E-state index contributed by atoms with van der Waals surface area (Å²) in [5.41, 5.74) is 4.97. The largest absolute Gasteiger partial charge is 0.486 e. The minimum atomic E-state index is -0.939. The summed E-state index contributed by atoms with van der Waals surface area (Å²) < 4.78 is 17.0. The number of amides is 2. The van der Waals surface area contributed by atoms with E-state index in [2.05, 4.69) is 0 Å². The van der Waals surface area contributed by atoms with Gasteiger partial charge in [-0.3, -0.25) is 5.21 Å². The van der Waals surface area contributed by atoms with Crippen molar-refractivity contribution in [3.05, 3.63) is 48.5 Å². The highest BCUT2D eigenvalue weighted by Crippen LogP contribution is 2.36. The smallest absolute Gasteiger partial charge is 0.338 e. The maximum atomic E-state index is 10.8. The number of fused-ring (bicyclic) bond motifs is 1. The summed E-state index contributed by atoms with van der Waals surface area (Å²) in [7, 11) is 0. The summed E-state index contributed by atoms with van der Waals surface area (Å²) in [5.74, 6) is 2.40. The van der Waals surface area contributed by atoms with Crippen LogP contribution < -0.4 is 19.9 Å². The molecule has 0 aromatic heterocycles. The SMILES string of the molecule is NC(=O)N(O)CC1COc2cc(Oc3ccccc3)ccc2O1. The van der Waals surface area contributed by atoms with Gasteiger partial charge in [-0.2, -0.15) is 0 Å². The predicted octanol–water partition coefficient (Wildman–Crippen LogP) is 2.39. The van der Waals surface area contributed by atoms with Crippen molar-refractivity contribution in [3.63, 3.8) is 0 Å². The first-order chi connectivity index (χ1) is 11.1. The molecule has 0 fully saturated rings. The molecule has 1 aliphatic rings. The van der Waals surface area contributed by atoms with Crippen LogP contribution in [0.25, 0.3) is 0 Å². The quantitative estimate of drug-likeness (QED) is 0.667. The van der Waals surface area contributed by atoms with Crippen LogP contribution >= 0.6 is 0 Å². The third-order valence-corrected chi connectivity index (χ3v) is 3.24. The Labute approximate surface area is 132 Å². The number of benzene rings is 2. The fourth-order valence-corrected chi connectivity index (χ4v) is 2.16. The van der Waals surface area contributed by atoms with Crippen LogP contribution in [0.2, 0.25) is 0 Å². The van der Waals surface area contributed by atoms with Gasteiger partial charge < -0.3 is 19.9 Å². The molecule has 0 saturated carbocycles. The molecule has 2 amide bonds. The molecule has 2 aromatic rings. The highest BCUT2D eigenvalue weighted by molar-refractivity contribution is 5.70. The molecule has 120 valence electrons. The Bertz CT molecular complexity index is 692. The number of nitrogens with zero attached hydrogens (tertiary/aromatic N) is 1. The Morgan fingerprint density at radius 2 is 2.00 bits per heavy atom. The fourth-order valence-electron chi connectivity index (χ4n) is 2.16. The van der Waals surface area contributed by atoms with E-state index < -0.39 is 12.1 Å². The zero-order chi connectivity index (χ0) is 16.2. The lowest BCUT2D eigenvalue weighted by Crippen LogP contribution is -2.44. The number of nitrogens with two attached hydrogens (primary N) is 1. The standard InChI is InChI=1S/C16H16N2O5/c17-16(19)18(20)9-13-10-21-15-8-12(6-7-14(15)23-13)22-11-4-2-1-3-5-11/h1-8,13,20H,9-10H2,(H2,17,19). The van der Waals surface area contributed by atoms with Gasteiger partial charge in [-0.1, -0.05) is 18.2 Å². The van der Waals surface area contributed by atoms with Crippen LogP contribution in [-0.2, 0) is 0 Å². The molecule has 3 N–H and O–H groups in total. The monoisotopic (exact) mass is 316 g/mol. The summed E-state index contributed by atoms with van der Waals surface area (Å²) in [6, 6.07) is 13.6. The number of carbonyl (C=O) groups is 1. The molecule has 1 aliphatic heterocycles. The number of para-hydroxylation sites is 1. The summed E-state index contributed by atoms with van der Waals surface area (Å²) >= 11 is 0. The summed E-state index contributed by atoms with van der Waals surface area (Å²) in [4.78, 5) is 10.8. The van der Waals surface area contributed by atoms with Crippen molar-refractivity contribution in [2.75, 3.05) is 13.2 Å². The number of rotatable bonds is 4. The molecule has 0 bridgehead atoms. The lowest BCUT2D eigenvalue weighted by atomic mass is 10.2. The molecule has 7 heteroatoms. The number of hydrogen-bond acceptors (Lipinski definition) is 5. The van der Waals surface area contributed by atoms with Crippen LogP contribution in [0.5, 0.6) is 23.0 Å². The fraction of sp³-hybridized carbons (Fsp3) is 0.188. The number of hydrogen-bond donors (Lipinski definition) is 2. The zero-order valence-corrected chi connectivity index (χ0v) is 12.2. The second-order valence-electron chi connectivity index (χ2n) is 4.99. The maximum absolute atomic E-state index is 10.8. The molecule has 3 rings (SSSR count). The Balaban J connectivity index is 1.67. The number of hydroxylamine groups is 2. The van der Waals surface area contributed by atoms with Crippen molar-refractivity contribution >= 4 is 6.03 Å². The van der Waals surface area contributed by atoms with Crippen LogP contribution in [0.15, 0.2) is 48.5 Å². The molecule has 7 nitrogen and oxygen atoms in total. The lowest BCUT2D eigenvalue weighted by Gasteiger charge is -2.28. The predicted molar refractivity (Wildman–Crippen MR) is 80.9 cm³/mol. The van der Waals surface area contributed by atoms with E-state index in [1.165, 1.54) is 0 Å². The molecule has 0 radical (unpaired) electrons. The van der Waals surface area contributed by atoms with Gasteiger partial charge >= 0.3 is 6.03 Å². The Kier molecular flexibility index (Phi) is 4.20. The highest BCUT2D eigenvalue weighted by Gasteiger charge is 2.24. The van der Waals surface area contributed by atoms with E-state index in [0.717, 1.165) is 5.75 Å². The van der Waals surface area contributed by atoms with Gasteiger partial charge in [0.05, 0.1) is 6.54 Å². The number of primary amides is 1. The molecular weight excluding hydrogens is 300 g/mol. The van der Waals surface area contributed by atoms with Gasteiger partial charge in [-0.15, -0.1) is 0 Å². The van der Waals surface area contributed by atoms with Crippen LogP contribution in [0.4, 0.5) is 4.79 Å². The van der Waals surface area contributed by atoms with Crippen molar-refractivity contribution in [1.29, 1.82) is 0 Å². The summed E-state index contributed by atoms with van der Waals surface area (Å²) in [5, 5.41) is 9.73. The second kappa shape index (κ2) is 6.45. The lowest BCUT2D eigenvalue weighted by molar-refractivity contribution is -0.0714. The number of carbonyl (C=O) groups excluding carboxylic acids is 1. The van der Waals surface area contributed by atoms with E-state index in [9.17, 15) is 10.0 Å². The molecule has 1 atom stereocenters. The minimum Gasteiger partial charge on any atom is -0.486 e. The molecule has 0 saturated heterocycles. The molecular formula is C16H16N2O5. The number of urea groups is 1. The maximum Gasteiger partial charge on any atom is 0.338 e. The minimum absolute atomic E-state index is 0.0724.